The summed E-state index contributed by atoms with van der Waals surface area (Å²) in [6, 6.07) is 8.30. The number of carbonyl (C=O) groups is 1. The summed E-state index contributed by atoms with van der Waals surface area (Å²) in [6.45, 7) is 7.36. The van der Waals surface area contributed by atoms with Crippen LogP contribution >= 0.6 is 0 Å². The van der Waals surface area contributed by atoms with Crippen LogP contribution in [0.2, 0.25) is 0 Å². The van der Waals surface area contributed by atoms with Crippen LogP contribution in [-0.4, -0.2) is 72.9 Å². The first-order valence-electron chi connectivity index (χ1n) is 10.1. The molecule has 0 saturated carbocycles. The average molecular weight is 433 g/mol. The highest BCUT2D eigenvalue weighted by Crippen LogP contribution is 2.16. The van der Waals surface area contributed by atoms with Crippen LogP contribution in [0.15, 0.2) is 47.6 Å². The Labute approximate surface area is 177 Å². The molecule has 2 amide bonds. The topological polar surface area (TPSA) is 98.7 Å². The number of anilines is 1. The number of carbonyl (C=O) groups excluding carboxylic acids is 1. The highest BCUT2D eigenvalue weighted by Gasteiger charge is 2.23. The zero-order valence-electron chi connectivity index (χ0n) is 17.4. The number of benzene rings is 1. The summed E-state index contributed by atoms with van der Waals surface area (Å²) in [6.07, 6.45) is 3.42. The van der Waals surface area contributed by atoms with Gasteiger partial charge in [0.25, 0.3) is 0 Å². The van der Waals surface area contributed by atoms with Gasteiger partial charge in [-0.25, -0.2) is 23.2 Å². The normalized spacial score (nSPS) is 14.8. The number of rotatable bonds is 7. The van der Waals surface area contributed by atoms with Crippen LogP contribution in [0.25, 0.3) is 0 Å². The van der Waals surface area contributed by atoms with Crippen LogP contribution in [0.5, 0.6) is 0 Å². The van der Waals surface area contributed by atoms with Gasteiger partial charge in [-0.15, -0.1) is 0 Å². The van der Waals surface area contributed by atoms with Gasteiger partial charge >= 0.3 is 6.03 Å². The van der Waals surface area contributed by atoms with E-state index in [1.807, 2.05) is 13.8 Å². The molecule has 30 heavy (non-hydrogen) atoms. The third-order valence-corrected chi connectivity index (χ3v) is 7.18. The predicted octanol–water partition coefficient (Wildman–Crippen LogP) is 1.54. The Balaban J connectivity index is 1.51. The summed E-state index contributed by atoms with van der Waals surface area (Å²) in [5, 5.41) is 2.90. The molecule has 0 radical (unpaired) electrons. The molecule has 0 atom stereocenters. The molecule has 0 spiro atoms. The van der Waals surface area contributed by atoms with Gasteiger partial charge in [0.1, 0.15) is 0 Å². The van der Waals surface area contributed by atoms with Crippen molar-refractivity contribution in [3.05, 3.63) is 48.3 Å². The van der Waals surface area contributed by atoms with E-state index in [1.165, 1.54) is 4.31 Å². The van der Waals surface area contributed by atoms with Crippen molar-refractivity contribution >= 4 is 22.0 Å². The number of nitrogens with one attached hydrogen (secondary N) is 1. The summed E-state index contributed by atoms with van der Waals surface area (Å²) in [7, 11) is -3.47. The Morgan fingerprint density at radius 3 is 2.20 bits per heavy atom. The lowest BCUT2D eigenvalue weighted by Gasteiger charge is -2.34. The fourth-order valence-corrected chi connectivity index (χ4v) is 4.80. The van der Waals surface area contributed by atoms with E-state index in [-0.39, 0.29) is 10.9 Å². The van der Waals surface area contributed by atoms with Gasteiger partial charge < -0.3 is 15.1 Å². The number of nitrogens with zero attached hydrogens (tertiary/aromatic N) is 5. The smallest absolute Gasteiger partial charge is 0.317 e. The molecule has 162 valence electrons. The summed E-state index contributed by atoms with van der Waals surface area (Å²) in [5.41, 5.74) is 0.846. The Bertz CT molecular complexity index is 925. The predicted molar refractivity (Wildman–Crippen MR) is 115 cm³/mol. The number of piperazine rings is 1. The zero-order valence-corrected chi connectivity index (χ0v) is 18.2. The molecule has 1 aliphatic heterocycles. The van der Waals surface area contributed by atoms with Crippen molar-refractivity contribution in [2.45, 2.75) is 25.3 Å². The molecule has 1 saturated heterocycles. The number of urea groups is 1. The zero-order chi connectivity index (χ0) is 21.6. The highest BCUT2D eigenvalue weighted by molar-refractivity contribution is 7.89. The second-order valence-electron chi connectivity index (χ2n) is 6.91. The molecule has 2 heterocycles. The molecule has 1 aromatic carbocycles. The van der Waals surface area contributed by atoms with Crippen molar-refractivity contribution in [1.29, 1.82) is 0 Å². The maximum absolute atomic E-state index is 12.5. The van der Waals surface area contributed by atoms with E-state index in [4.69, 9.17) is 0 Å². The molecular formula is C20H28N6O3S. The minimum absolute atomic E-state index is 0.136. The molecule has 3 rings (SSSR count). The summed E-state index contributed by atoms with van der Waals surface area (Å²) >= 11 is 0. The summed E-state index contributed by atoms with van der Waals surface area (Å²) in [5.74, 6) is 0.678. The molecule has 9 nitrogen and oxygen atoms in total. The molecule has 0 bridgehead atoms. The van der Waals surface area contributed by atoms with Gasteiger partial charge in [0.05, 0.1) is 4.90 Å². The van der Waals surface area contributed by atoms with Crippen molar-refractivity contribution in [2.24, 2.45) is 0 Å². The van der Waals surface area contributed by atoms with Gasteiger partial charge in [-0.2, -0.15) is 4.31 Å². The molecule has 1 aliphatic rings. The van der Waals surface area contributed by atoms with Crippen LogP contribution in [0.3, 0.4) is 0 Å². The van der Waals surface area contributed by atoms with Gasteiger partial charge in [0.15, 0.2) is 0 Å². The van der Waals surface area contributed by atoms with Crippen LogP contribution < -0.4 is 10.2 Å². The van der Waals surface area contributed by atoms with Gasteiger partial charge in [-0.1, -0.05) is 26.0 Å². The van der Waals surface area contributed by atoms with Crippen molar-refractivity contribution in [3.63, 3.8) is 0 Å². The second-order valence-corrected chi connectivity index (χ2v) is 8.85. The number of hydrogen-bond donors (Lipinski definition) is 1. The van der Waals surface area contributed by atoms with Gasteiger partial charge in [0, 0.05) is 58.2 Å². The molecule has 10 heteroatoms. The average Bonchev–Trinajstić information content (AvgIpc) is 2.79. The fourth-order valence-electron chi connectivity index (χ4n) is 3.35. The molecule has 1 aromatic heterocycles. The lowest BCUT2D eigenvalue weighted by atomic mass is 10.2. The standard InChI is InChI=1S/C20H28N6O3S/c1-3-26(4-2)30(28,29)18-8-6-17(7-9-18)16-23-20(27)25-14-12-24(13-15-25)19-21-10-5-11-22-19/h5-11H,3-4,12-16H2,1-2H3,(H,23,27). The maximum Gasteiger partial charge on any atom is 0.317 e. The Kier molecular flexibility index (Phi) is 7.22. The summed E-state index contributed by atoms with van der Waals surface area (Å²) < 4.78 is 26.5. The summed E-state index contributed by atoms with van der Waals surface area (Å²) in [4.78, 5) is 25.0. The number of hydrogen-bond acceptors (Lipinski definition) is 6. The van der Waals surface area contributed by atoms with E-state index in [2.05, 4.69) is 20.2 Å². The second kappa shape index (κ2) is 9.86. The van der Waals surface area contributed by atoms with Crippen LogP contribution in [-0.2, 0) is 16.6 Å². The molecule has 1 N–H and O–H groups in total. The van der Waals surface area contributed by atoms with E-state index in [9.17, 15) is 13.2 Å². The lowest BCUT2D eigenvalue weighted by Crippen LogP contribution is -2.52. The molecule has 0 aliphatic carbocycles. The fraction of sp³-hybridized carbons (Fsp3) is 0.450. The van der Waals surface area contributed by atoms with E-state index in [0.29, 0.717) is 51.8 Å². The van der Waals surface area contributed by atoms with Crippen molar-refractivity contribution < 1.29 is 13.2 Å². The number of aromatic nitrogens is 2. The van der Waals surface area contributed by atoms with Gasteiger partial charge in [-0.3, -0.25) is 0 Å². The third-order valence-electron chi connectivity index (χ3n) is 5.11. The van der Waals surface area contributed by atoms with E-state index in [1.54, 1.807) is 47.6 Å². The van der Waals surface area contributed by atoms with E-state index >= 15 is 0 Å². The first kappa shape index (κ1) is 22.0. The number of amides is 2. The minimum Gasteiger partial charge on any atom is -0.337 e. The van der Waals surface area contributed by atoms with Crippen LogP contribution in [0.1, 0.15) is 19.4 Å². The molecular weight excluding hydrogens is 404 g/mol. The van der Waals surface area contributed by atoms with Gasteiger partial charge in [0.2, 0.25) is 16.0 Å². The van der Waals surface area contributed by atoms with Crippen molar-refractivity contribution in [1.82, 2.24) is 24.5 Å². The molecule has 2 aromatic rings. The van der Waals surface area contributed by atoms with Crippen molar-refractivity contribution in [2.75, 3.05) is 44.2 Å². The largest absolute Gasteiger partial charge is 0.337 e. The van der Waals surface area contributed by atoms with Gasteiger partial charge in [-0.05, 0) is 23.8 Å². The Hall–Kier alpha value is -2.72. The first-order chi connectivity index (χ1) is 14.5. The van der Waals surface area contributed by atoms with E-state index in [0.717, 1.165) is 5.56 Å². The molecule has 0 unspecified atom stereocenters. The highest BCUT2D eigenvalue weighted by atomic mass is 32.2. The Morgan fingerprint density at radius 2 is 1.63 bits per heavy atom. The number of sulfonamides is 1. The van der Waals surface area contributed by atoms with Crippen molar-refractivity contribution in [3.8, 4) is 0 Å². The third kappa shape index (κ3) is 5.06. The molecule has 1 fully saturated rings. The van der Waals surface area contributed by atoms with Crippen LogP contribution in [0.4, 0.5) is 10.7 Å². The first-order valence-corrected chi connectivity index (χ1v) is 11.5. The monoisotopic (exact) mass is 432 g/mol. The maximum atomic E-state index is 12.5. The lowest BCUT2D eigenvalue weighted by molar-refractivity contribution is 0.193. The minimum atomic E-state index is -3.47. The van der Waals surface area contributed by atoms with Crippen LogP contribution in [0, 0.1) is 0 Å². The van der Waals surface area contributed by atoms with E-state index < -0.39 is 10.0 Å². The quantitative estimate of drug-likeness (QED) is 0.713. The SMILES string of the molecule is CCN(CC)S(=O)(=O)c1ccc(CNC(=O)N2CCN(c3ncccn3)CC2)cc1. The Morgan fingerprint density at radius 1 is 1.03 bits per heavy atom.